The average Bonchev–Trinajstić information content (AvgIpc) is 2.70. The molecule has 0 fully saturated rings. The third kappa shape index (κ3) is 3.90. The third-order valence-corrected chi connectivity index (χ3v) is 5.64. The van der Waals surface area contributed by atoms with Gasteiger partial charge in [0.15, 0.2) is 5.03 Å². The zero-order valence-electron chi connectivity index (χ0n) is 14.2. The van der Waals surface area contributed by atoms with Crippen molar-refractivity contribution in [2.75, 3.05) is 5.32 Å². The standard InChI is InChI=1S/C19H12IN5O2S/c20-13-6-8-14(9-7-13)24-18-17(25(26)27)19(23-11-22-18)28-15-5-1-3-12-4-2-10-21-16(12)15/h1-11H,(H,22,23,24). The molecule has 2 heterocycles. The number of anilines is 2. The Morgan fingerprint density at radius 2 is 1.79 bits per heavy atom. The molecule has 0 atom stereocenters. The molecule has 7 nitrogen and oxygen atoms in total. The predicted octanol–water partition coefficient (Wildman–Crippen LogP) is 5.43. The molecule has 0 bridgehead atoms. The molecule has 0 saturated carbocycles. The van der Waals surface area contributed by atoms with Crippen LogP contribution in [0.2, 0.25) is 0 Å². The van der Waals surface area contributed by atoms with Gasteiger partial charge in [0.25, 0.3) is 0 Å². The van der Waals surface area contributed by atoms with E-state index in [-0.39, 0.29) is 16.5 Å². The molecule has 0 radical (unpaired) electrons. The Morgan fingerprint density at radius 3 is 2.57 bits per heavy atom. The maximum Gasteiger partial charge on any atom is 0.343 e. The fourth-order valence-electron chi connectivity index (χ4n) is 2.63. The smallest absolute Gasteiger partial charge is 0.334 e. The summed E-state index contributed by atoms with van der Waals surface area (Å²) in [5, 5.41) is 16.0. The van der Waals surface area contributed by atoms with Crippen LogP contribution in [0.5, 0.6) is 0 Å². The Morgan fingerprint density at radius 1 is 1.00 bits per heavy atom. The summed E-state index contributed by atoms with van der Waals surface area (Å²) in [6, 6.07) is 17.0. The van der Waals surface area contributed by atoms with Crippen molar-refractivity contribution in [3.63, 3.8) is 0 Å². The van der Waals surface area contributed by atoms with Gasteiger partial charge in [-0.25, -0.2) is 9.97 Å². The number of halogens is 1. The molecule has 9 heteroatoms. The number of nitro groups is 1. The van der Waals surface area contributed by atoms with Gasteiger partial charge in [-0.3, -0.25) is 15.1 Å². The van der Waals surface area contributed by atoms with Crippen molar-refractivity contribution in [1.82, 2.24) is 15.0 Å². The molecule has 0 amide bonds. The van der Waals surface area contributed by atoms with E-state index in [4.69, 9.17) is 0 Å². The summed E-state index contributed by atoms with van der Waals surface area (Å²) in [7, 11) is 0. The van der Waals surface area contributed by atoms with Gasteiger partial charge < -0.3 is 5.32 Å². The van der Waals surface area contributed by atoms with E-state index in [0.29, 0.717) is 5.69 Å². The number of fused-ring (bicyclic) bond motifs is 1. The number of rotatable bonds is 5. The van der Waals surface area contributed by atoms with E-state index in [1.165, 1.54) is 18.1 Å². The molecule has 0 saturated heterocycles. The molecule has 1 N–H and O–H groups in total. The Labute approximate surface area is 177 Å². The average molecular weight is 501 g/mol. The van der Waals surface area contributed by atoms with Crippen LogP contribution in [-0.2, 0) is 0 Å². The number of nitrogens with one attached hydrogen (secondary N) is 1. The summed E-state index contributed by atoms with van der Waals surface area (Å²) in [6.07, 6.45) is 3.02. The van der Waals surface area contributed by atoms with Crippen LogP contribution in [-0.4, -0.2) is 19.9 Å². The molecule has 138 valence electrons. The summed E-state index contributed by atoms with van der Waals surface area (Å²) >= 11 is 3.40. The van der Waals surface area contributed by atoms with Crippen LogP contribution in [0, 0.1) is 13.7 Å². The lowest BCUT2D eigenvalue weighted by Gasteiger charge is -2.09. The lowest BCUT2D eigenvalue weighted by atomic mass is 10.2. The van der Waals surface area contributed by atoms with Crippen molar-refractivity contribution < 1.29 is 4.92 Å². The van der Waals surface area contributed by atoms with Crippen LogP contribution in [0.1, 0.15) is 0 Å². The third-order valence-electron chi connectivity index (χ3n) is 3.88. The fraction of sp³-hybridized carbons (Fsp3) is 0. The summed E-state index contributed by atoms with van der Waals surface area (Å²) in [4.78, 5) is 24.8. The van der Waals surface area contributed by atoms with Gasteiger partial charge in [0, 0.05) is 25.7 Å². The van der Waals surface area contributed by atoms with Crippen molar-refractivity contribution in [2.24, 2.45) is 0 Å². The SMILES string of the molecule is O=[N+]([O-])c1c(Nc2ccc(I)cc2)ncnc1Sc1cccc2cccnc12. The topological polar surface area (TPSA) is 93.8 Å². The molecule has 0 unspecified atom stereocenters. The lowest BCUT2D eigenvalue weighted by molar-refractivity contribution is -0.387. The second-order valence-corrected chi connectivity index (χ2v) is 7.97. The molecule has 0 spiro atoms. The first-order chi connectivity index (χ1) is 13.6. The van der Waals surface area contributed by atoms with Crippen molar-refractivity contribution >= 4 is 62.4 Å². The monoisotopic (exact) mass is 501 g/mol. The molecule has 4 rings (SSSR count). The molecule has 0 aliphatic rings. The van der Waals surface area contributed by atoms with E-state index in [0.717, 1.165) is 19.4 Å². The van der Waals surface area contributed by atoms with Gasteiger partial charge in [0.2, 0.25) is 5.82 Å². The van der Waals surface area contributed by atoms with Crippen molar-refractivity contribution in [3.05, 3.63) is 80.8 Å². The van der Waals surface area contributed by atoms with E-state index >= 15 is 0 Å². The Hall–Kier alpha value is -2.79. The zero-order chi connectivity index (χ0) is 19.5. The predicted molar refractivity (Wildman–Crippen MR) is 117 cm³/mol. The molecule has 4 aromatic rings. The van der Waals surface area contributed by atoms with E-state index < -0.39 is 4.92 Å². The second-order valence-electron chi connectivity index (χ2n) is 5.70. The van der Waals surface area contributed by atoms with Crippen LogP contribution in [0.3, 0.4) is 0 Å². The molecule has 0 aliphatic carbocycles. The van der Waals surface area contributed by atoms with Gasteiger partial charge in [0.05, 0.1) is 10.4 Å². The van der Waals surface area contributed by atoms with Gasteiger partial charge >= 0.3 is 5.69 Å². The summed E-state index contributed by atoms with van der Waals surface area (Å²) in [5.74, 6) is 0.150. The summed E-state index contributed by atoms with van der Waals surface area (Å²) in [5.41, 5.74) is 1.32. The van der Waals surface area contributed by atoms with Crippen molar-refractivity contribution in [2.45, 2.75) is 9.92 Å². The summed E-state index contributed by atoms with van der Waals surface area (Å²) < 4.78 is 1.07. The molecular formula is C19H12IN5O2S. The quantitative estimate of drug-likeness (QED) is 0.169. The van der Waals surface area contributed by atoms with Crippen molar-refractivity contribution in [1.29, 1.82) is 0 Å². The highest BCUT2D eigenvalue weighted by atomic mass is 127. The molecule has 2 aromatic heterocycles. The Kier molecular flexibility index (Phi) is 5.35. The first-order valence-electron chi connectivity index (χ1n) is 8.15. The highest BCUT2D eigenvalue weighted by Gasteiger charge is 2.24. The minimum atomic E-state index is -0.462. The van der Waals surface area contributed by atoms with Gasteiger partial charge in [-0.05, 0) is 59.0 Å². The van der Waals surface area contributed by atoms with Crippen LogP contribution >= 0.6 is 34.4 Å². The minimum absolute atomic E-state index is 0.150. The number of aromatic nitrogens is 3. The maximum atomic E-state index is 11.8. The first-order valence-corrected chi connectivity index (χ1v) is 10.0. The first kappa shape index (κ1) is 18.6. The number of hydrogen-bond acceptors (Lipinski definition) is 7. The van der Waals surface area contributed by atoms with Gasteiger partial charge in [-0.15, -0.1) is 0 Å². The molecule has 28 heavy (non-hydrogen) atoms. The maximum absolute atomic E-state index is 11.8. The van der Waals surface area contributed by atoms with Crippen LogP contribution in [0.15, 0.2) is 77.0 Å². The van der Waals surface area contributed by atoms with E-state index in [1.54, 1.807) is 6.20 Å². The van der Waals surface area contributed by atoms with Crippen molar-refractivity contribution in [3.8, 4) is 0 Å². The molecule has 0 aliphatic heterocycles. The number of nitrogens with zero attached hydrogens (tertiary/aromatic N) is 4. The fourth-order valence-corrected chi connectivity index (χ4v) is 3.98. The lowest BCUT2D eigenvalue weighted by Crippen LogP contribution is -2.03. The van der Waals surface area contributed by atoms with E-state index in [2.05, 4.69) is 42.9 Å². The van der Waals surface area contributed by atoms with Gasteiger partial charge in [-0.1, -0.05) is 30.0 Å². The Bertz CT molecular complexity index is 1170. The highest BCUT2D eigenvalue weighted by Crippen LogP contribution is 2.39. The van der Waals surface area contributed by atoms with Crippen LogP contribution in [0.25, 0.3) is 10.9 Å². The number of benzene rings is 2. The largest absolute Gasteiger partial charge is 0.343 e. The highest BCUT2D eigenvalue weighted by molar-refractivity contribution is 14.1. The summed E-state index contributed by atoms with van der Waals surface area (Å²) in [6.45, 7) is 0. The zero-order valence-corrected chi connectivity index (χ0v) is 17.2. The van der Waals surface area contributed by atoms with E-state index in [9.17, 15) is 10.1 Å². The molecule has 2 aromatic carbocycles. The minimum Gasteiger partial charge on any atom is -0.334 e. The number of para-hydroxylation sites is 1. The van der Waals surface area contributed by atoms with Crippen LogP contribution in [0.4, 0.5) is 17.2 Å². The van der Waals surface area contributed by atoms with Crippen LogP contribution < -0.4 is 5.32 Å². The molecular weight excluding hydrogens is 489 g/mol. The second kappa shape index (κ2) is 8.07. The van der Waals surface area contributed by atoms with E-state index in [1.807, 2.05) is 54.6 Å². The number of pyridine rings is 1. The Balaban J connectivity index is 1.74. The van der Waals surface area contributed by atoms with Gasteiger partial charge in [0.1, 0.15) is 6.33 Å². The van der Waals surface area contributed by atoms with Gasteiger partial charge in [-0.2, -0.15) is 0 Å². The normalized spacial score (nSPS) is 10.8. The number of hydrogen-bond donors (Lipinski definition) is 1.